The average molecular weight is 277 g/mol. The molecular formula is C15H13ClO3. The Morgan fingerprint density at radius 2 is 1.89 bits per heavy atom. The van der Waals surface area contributed by atoms with Gasteiger partial charge in [0.05, 0.1) is 5.02 Å². The van der Waals surface area contributed by atoms with Gasteiger partial charge in [-0.05, 0) is 36.2 Å². The quantitative estimate of drug-likeness (QED) is 0.901. The molecule has 2 aromatic carbocycles. The Hall–Kier alpha value is -2.00. The van der Waals surface area contributed by atoms with Crippen molar-refractivity contribution in [1.29, 1.82) is 0 Å². The number of hydrogen-bond acceptors (Lipinski definition) is 2. The van der Waals surface area contributed by atoms with Crippen molar-refractivity contribution >= 4 is 17.6 Å². The molecule has 0 atom stereocenters. The number of carbonyl (C=O) groups is 1. The Morgan fingerprint density at radius 3 is 2.47 bits per heavy atom. The van der Waals surface area contributed by atoms with Gasteiger partial charge in [0, 0.05) is 0 Å². The Kier molecular flexibility index (Phi) is 4.07. The van der Waals surface area contributed by atoms with E-state index in [9.17, 15) is 4.79 Å². The van der Waals surface area contributed by atoms with E-state index in [0.29, 0.717) is 5.75 Å². The van der Waals surface area contributed by atoms with Gasteiger partial charge in [-0.1, -0.05) is 36.7 Å². The van der Waals surface area contributed by atoms with Crippen molar-refractivity contribution in [2.75, 3.05) is 0 Å². The smallest absolute Gasteiger partial charge is 0.341 e. The van der Waals surface area contributed by atoms with Crippen LogP contribution in [-0.2, 0) is 6.42 Å². The Bertz CT molecular complexity index is 591. The van der Waals surface area contributed by atoms with Gasteiger partial charge in [0.25, 0.3) is 0 Å². The average Bonchev–Trinajstić information content (AvgIpc) is 2.39. The van der Waals surface area contributed by atoms with E-state index >= 15 is 0 Å². The van der Waals surface area contributed by atoms with Crippen LogP contribution in [-0.4, -0.2) is 11.1 Å². The first-order valence-electron chi connectivity index (χ1n) is 5.90. The van der Waals surface area contributed by atoms with E-state index in [0.717, 1.165) is 6.42 Å². The summed E-state index contributed by atoms with van der Waals surface area (Å²) in [6.07, 6.45) is 0.942. The molecule has 19 heavy (non-hydrogen) atoms. The normalized spacial score (nSPS) is 10.2. The number of ether oxygens (including phenoxy) is 1. The second kappa shape index (κ2) is 5.76. The summed E-state index contributed by atoms with van der Waals surface area (Å²) in [5.41, 5.74) is 1.17. The summed E-state index contributed by atoms with van der Waals surface area (Å²) in [5.74, 6) is -0.281. The van der Waals surface area contributed by atoms with Gasteiger partial charge < -0.3 is 9.84 Å². The number of benzene rings is 2. The van der Waals surface area contributed by atoms with E-state index in [4.69, 9.17) is 21.4 Å². The second-order valence-electron chi connectivity index (χ2n) is 4.02. The minimum absolute atomic E-state index is 0.0243. The van der Waals surface area contributed by atoms with Gasteiger partial charge in [-0.25, -0.2) is 4.79 Å². The van der Waals surface area contributed by atoms with Crippen molar-refractivity contribution in [3.05, 3.63) is 58.6 Å². The number of halogens is 1. The topological polar surface area (TPSA) is 46.5 Å². The number of carboxylic acid groups (broad SMARTS) is 1. The highest BCUT2D eigenvalue weighted by atomic mass is 35.5. The van der Waals surface area contributed by atoms with Gasteiger partial charge >= 0.3 is 5.97 Å². The molecule has 3 nitrogen and oxygen atoms in total. The van der Waals surface area contributed by atoms with E-state index in [1.54, 1.807) is 12.1 Å². The monoisotopic (exact) mass is 276 g/mol. The lowest BCUT2D eigenvalue weighted by Gasteiger charge is -2.10. The van der Waals surface area contributed by atoms with E-state index < -0.39 is 5.97 Å². The maximum absolute atomic E-state index is 11.2. The molecule has 4 heteroatoms. The predicted octanol–water partition coefficient (Wildman–Crippen LogP) is 4.39. The zero-order chi connectivity index (χ0) is 13.8. The summed E-state index contributed by atoms with van der Waals surface area (Å²) >= 11 is 5.88. The fourth-order valence-electron chi connectivity index (χ4n) is 1.72. The lowest BCUT2D eigenvalue weighted by molar-refractivity contribution is 0.0694. The highest BCUT2D eigenvalue weighted by Gasteiger charge is 2.15. The summed E-state index contributed by atoms with van der Waals surface area (Å²) in [5, 5.41) is 9.30. The van der Waals surface area contributed by atoms with Crippen molar-refractivity contribution in [2.45, 2.75) is 13.3 Å². The van der Waals surface area contributed by atoms with Crippen molar-refractivity contribution < 1.29 is 14.6 Å². The lowest BCUT2D eigenvalue weighted by Crippen LogP contribution is -2.01. The zero-order valence-electron chi connectivity index (χ0n) is 10.4. The molecule has 0 spiro atoms. The molecule has 0 aliphatic heterocycles. The van der Waals surface area contributed by atoms with Gasteiger partial charge in [-0.2, -0.15) is 0 Å². The van der Waals surface area contributed by atoms with Crippen LogP contribution in [0.25, 0.3) is 0 Å². The molecule has 0 saturated carbocycles. The summed E-state index contributed by atoms with van der Waals surface area (Å²) < 4.78 is 5.59. The van der Waals surface area contributed by atoms with Crippen LogP contribution in [0.4, 0.5) is 0 Å². The second-order valence-corrected chi connectivity index (χ2v) is 4.42. The van der Waals surface area contributed by atoms with Gasteiger partial charge in [-0.3, -0.25) is 0 Å². The molecule has 98 valence electrons. The third-order valence-electron chi connectivity index (χ3n) is 2.75. The summed E-state index contributed by atoms with van der Waals surface area (Å²) in [4.78, 5) is 11.2. The van der Waals surface area contributed by atoms with Crippen molar-refractivity contribution in [3.63, 3.8) is 0 Å². The van der Waals surface area contributed by atoms with Crippen LogP contribution in [0.2, 0.25) is 5.02 Å². The van der Waals surface area contributed by atoms with Crippen LogP contribution in [0.15, 0.2) is 42.5 Å². The first-order valence-corrected chi connectivity index (χ1v) is 6.28. The first-order chi connectivity index (χ1) is 9.11. The molecule has 0 amide bonds. The largest absolute Gasteiger partial charge is 0.478 e. The van der Waals surface area contributed by atoms with Crippen LogP contribution in [0.1, 0.15) is 22.8 Å². The molecule has 0 saturated heterocycles. The number of carboxylic acids is 1. The van der Waals surface area contributed by atoms with Gasteiger partial charge in [0.15, 0.2) is 0 Å². The molecule has 0 unspecified atom stereocenters. The van der Waals surface area contributed by atoms with Gasteiger partial charge in [0.1, 0.15) is 17.1 Å². The molecular weight excluding hydrogens is 264 g/mol. The van der Waals surface area contributed by atoms with Gasteiger partial charge in [0.2, 0.25) is 0 Å². The lowest BCUT2D eigenvalue weighted by atomic mass is 10.1. The van der Waals surface area contributed by atoms with E-state index in [1.165, 1.54) is 11.6 Å². The highest BCUT2D eigenvalue weighted by molar-refractivity contribution is 6.33. The molecule has 0 radical (unpaired) electrons. The third-order valence-corrected chi connectivity index (χ3v) is 3.06. The fourth-order valence-corrected chi connectivity index (χ4v) is 1.96. The minimum atomic E-state index is -1.11. The molecule has 0 bridgehead atoms. The van der Waals surface area contributed by atoms with Crippen LogP contribution in [0.5, 0.6) is 11.5 Å². The summed E-state index contributed by atoms with van der Waals surface area (Å²) in [6.45, 7) is 2.06. The molecule has 0 fully saturated rings. The zero-order valence-corrected chi connectivity index (χ0v) is 11.1. The maximum Gasteiger partial charge on any atom is 0.341 e. The molecule has 0 aromatic heterocycles. The Balaban J connectivity index is 2.32. The predicted molar refractivity (Wildman–Crippen MR) is 74.3 cm³/mol. The number of hydrogen-bond donors (Lipinski definition) is 1. The molecule has 0 aliphatic carbocycles. The van der Waals surface area contributed by atoms with E-state index in [2.05, 4.69) is 6.92 Å². The van der Waals surface area contributed by atoms with E-state index in [1.807, 2.05) is 24.3 Å². The third kappa shape index (κ3) is 3.06. The Labute approximate surface area is 116 Å². The number of rotatable bonds is 4. The van der Waals surface area contributed by atoms with Gasteiger partial charge in [-0.15, -0.1) is 0 Å². The Morgan fingerprint density at radius 1 is 1.21 bits per heavy atom. The van der Waals surface area contributed by atoms with Crippen molar-refractivity contribution in [2.24, 2.45) is 0 Å². The molecule has 0 aliphatic rings. The van der Waals surface area contributed by atoms with Crippen molar-refractivity contribution in [1.82, 2.24) is 0 Å². The molecule has 0 heterocycles. The molecule has 2 aromatic rings. The summed E-state index contributed by atoms with van der Waals surface area (Å²) in [6, 6.07) is 12.3. The van der Waals surface area contributed by atoms with Crippen molar-refractivity contribution in [3.8, 4) is 11.5 Å². The SMILES string of the molecule is CCc1ccc(Oc2cccc(Cl)c2C(=O)O)cc1. The molecule has 2 rings (SSSR count). The fraction of sp³-hybridized carbons (Fsp3) is 0.133. The first kappa shape index (κ1) is 13.4. The standard InChI is InChI=1S/C15H13ClO3/c1-2-10-6-8-11(9-7-10)19-13-5-3-4-12(16)14(13)15(17)18/h3-9H,2H2,1H3,(H,17,18). The van der Waals surface area contributed by atoms with Crippen LogP contribution >= 0.6 is 11.6 Å². The van der Waals surface area contributed by atoms with E-state index in [-0.39, 0.29) is 16.3 Å². The molecule has 1 N–H and O–H groups in total. The highest BCUT2D eigenvalue weighted by Crippen LogP contribution is 2.30. The minimum Gasteiger partial charge on any atom is -0.478 e. The van der Waals surface area contributed by atoms with Crippen LogP contribution in [0.3, 0.4) is 0 Å². The maximum atomic E-state index is 11.2. The summed E-state index contributed by atoms with van der Waals surface area (Å²) in [7, 11) is 0. The van der Waals surface area contributed by atoms with Crippen LogP contribution < -0.4 is 4.74 Å². The van der Waals surface area contributed by atoms with Crippen LogP contribution in [0, 0.1) is 0 Å². The number of aryl methyl sites for hydroxylation is 1. The number of aromatic carboxylic acids is 1.